The Morgan fingerprint density at radius 1 is 1.56 bits per heavy atom. The standard InChI is InChI=1S/C14H19N3O/c1-17-8-7-13(10-17)16-14(18)6-5-11-3-2-4-12(15)9-11/h2-6,9,13H,7-8,10,15H2,1H3,(H,16,18)/b6-5+. The number of nitrogens with zero attached hydrogens (tertiary/aromatic N) is 1. The smallest absolute Gasteiger partial charge is 0.244 e. The second-order valence-electron chi connectivity index (χ2n) is 4.76. The molecule has 1 amide bonds. The maximum atomic E-state index is 11.7. The molecule has 0 saturated carbocycles. The molecule has 3 N–H and O–H groups in total. The average Bonchev–Trinajstić information content (AvgIpc) is 2.72. The van der Waals surface area contributed by atoms with E-state index in [1.54, 1.807) is 12.2 Å². The fourth-order valence-electron chi connectivity index (χ4n) is 2.14. The van der Waals surface area contributed by atoms with Gasteiger partial charge < -0.3 is 16.0 Å². The van der Waals surface area contributed by atoms with Gasteiger partial charge in [0, 0.05) is 24.4 Å². The van der Waals surface area contributed by atoms with Gasteiger partial charge in [-0.25, -0.2) is 0 Å². The summed E-state index contributed by atoms with van der Waals surface area (Å²) in [7, 11) is 2.06. The SMILES string of the molecule is CN1CCC(NC(=O)/C=C/c2cccc(N)c2)C1. The number of likely N-dealkylation sites (tertiary alicyclic amines) is 1. The van der Waals surface area contributed by atoms with E-state index in [9.17, 15) is 4.79 Å². The first-order valence-electron chi connectivity index (χ1n) is 6.16. The molecule has 2 rings (SSSR count). The Labute approximate surface area is 107 Å². The third-order valence-electron chi connectivity index (χ3n) is 3.08. The molecule has 0 spiro atoms. The molecule has 1 aromatic carbocycles. The molecule has 96 valence electrons. The van der Waals surface area contributed by atoms with Crippen molar-refractivity contribution in [2.24, 2.45) is 0 Å². The normalized spacial score (nSPS) is 20.4. The Balaban J connectivity index is 1.87. The summed E-state index contributed by atoms with van der Waals surface area (Å²) in [5.74, 6) is -0.0438. The van der Waals surface area contributed by atoms with Crippen LogP contribution in [0.15, 0.2) is 30.3 Å². The molecule has 0 aromatic heterocycles. The van der Waals surface area contributed by atoms with E-state index in [1.165, 1.54) is 0 Å². The highest BCUT2D eigenvalue weighted by atomic mass is 16.1. The van der Waals surface area contributed by atoms with E-state index in [0.717, 1.165) is 25.1 Å². The number of nitrogens with two attached hydrogens (primary N) is 1. The van der Waals surface area contributed by atoms with Crippen molar-refractivity contribution in [3.05, 3.63) is 35.9 Å². The van der Waals surface area contributed by atoms with Gasteiger partial charge in [0.05, 0.1) is 0 Å². The summed E-state index contributed by atoms with van der Waals surface area (Å²) in [5.41, 5.74) is 7.31. The average molecular weight is 245 g/mol. The van der Waals surface area contributed by atoms with Crippen LogP contribution in [0, 0.1) is 0 Å². The molecule has 18 heavy (non-hydrogen) atoms. The Morgan fingerprint density at radius 3 is 3.06 bits per heavy atom. The van der Waals surface area contributed by atoms with Crippen LogP contribution < -0.4 is 11.1 Å². The van der Waals surface area contributed by atoms with Gasteiger partial charge in [-0.2, -0.15) is 0 Å². The van der Waals surface area contributed by atoms with E-state index in [0.29, 0.717) is 5.69 Å². The Kier molecular flexibility index (Phi) is 3.99. The summed E-state index contributed by atoms with van der Waals surface area (Å²) >= 11 is 0. The Bertz CT molecular complexity index is 456. The van der Waals surface area contributed by atoms with Gasteiger partial charge in [-0.1, -0.05) is 12.1 Å². The molecule has 4 nitrogen and oxygen atoms in total. The van der Waals surface area contributed by atoms with Gasteiger partial charge in [-0.05, 0) is 43.8 Å². The van der Waals surface area contributed by atoms with Crippen molar-refractivity contribution in [1.29, 1.82) is 0 Å². The van der Waals surface area contributed by atoms with E-state index in [2.05, 4.69) is 17.3 Å². The first kappa shape index (κ1) is 12.6. The van der Waals surface area contributed by atoms with Crippen molar-refractivity contribution in [1.82, 2.24) is 10.2 Å². The van der Waals surface area contributed by atoms with Crippen LogP contribution in [0.2, 0.25) is 0 Å². The van der Waals surface area contributed by atoms with Crippen LogP contribution in [0.3, 0.4) is 0 Å². The summed E-state index contributed by atoms with van der Waals surface area (Å²) in [4.78, 5) is 13.9. The van der Waals surface area contributed by atoms with Crippen LogP contribution in [0.4, 0.5) is 5.69 Å². The topological polar surface area (TPSA) is 58.4 Å². The number of likely N-dealkylation sites (N-methyl/N-ethyl adjacent to an activating group) is 1. The molecule has 1 fully saturated rings. The minimum atomic E-state index is -0.0438. The number of carbonyl (C=O) groups is 1. The van der Waals surface area contributed by atoms with Gasteiger partial charge in [0.15, 0.2) is 0 Å². The monoisotopic (exact) mass is 245 g/mol. The highest BCUT2D eigenvalue weighted by Gasteiger charge is 2.19. The Hall–Kier alpha value is -1.81. The lowest BCUT2D eigenvalue weighted by molar-refractivity contribution is -0.117. The van der Waals surface area contributed by atoms with Crippen LogP contribution in [-0.4, -0.2) is 37.0 Å². The Morgan fingerprint density at radius 2 is 2.39 bits per heavy atom. The second-order valence-corrected chi connectivity index (χ2v) is 4.76. The molecule has 0 aliphatic carbocycles. The van der Waals surface area contributed by atoms with Crippen molar-refractivity contribution in [3.8, 4) is 0 Å². The third-order valence-corrected chi connectivity index (χ3v) is 3.08. The van der Waals surface area contributed by atoms with Crippen LogP contribution in [0.5, 0.6) is 0 Å². The fourth-order valence-corrected chi connectivity index (χ4v) is 2.14. The number of carbonyl (C=O) groups excluding carboxylic acids is 1. The van der Waals surface area contributed by atoms with E-state index in [-0.39, 0.29) is 11.9 Å². The van der Waals surface area contributed by atoms with Gasteiger partial charge in [0.1, 0.15) is 0 Å². The summed E-state index contributed by atoms with van der Waals surface area (Å²) in [6.45, 7) is 1.97. The van der Waals surface area contributed by atoms with Gasteiger partial charge in [0.2, 0.25) is 5.91 Å². The quantitative estimate of drug-likeness (QED) is 0.619. The predicted octanol–water partition coefficient (Wildman–Crippen LogP) is 1.10. The molecule has 1 atom stereocenters. The number of anilines is 1. The van der Waals surface area contributed by atoms with Crippen molar-refractivity contribution in [3.63, 3.8) is 0 Å². The molecule has 1 unspecified atom stereocenters. The van der Waals surface area contributed by atoms with Crippen LogP contribution in [0.1, 0.15) is 12.0 Å². The predicted molar refractivity (Wildman–Crippen MR) is 73.9 cm³/mol. The maximum absolute atomic E-state index is 11.7. The first-order valence-corrected chi connectivity index (χ1v) is 6.16. The molecule has 1 saturated heterocycles. The first-order chi connectivity index (χ1) is 8.63. The lowest BCUT2D eigenvalue weighted by Gasteiger charge is -2.10. The molecule has 1 aromatic rings. The highest BCUT2D eigenvalue weighted by molar-refractivity contribution is 5.92. The van der Waals surface area contributed by atoms with E-state index in [4.69, 9.17) is 5.73 Å². The van der Waals surface area contributed by atoms with Crippen molar-refractivity contribution in [2.45, 2.75) is 12.5 Å². The number of hydrogen-bond acceptors (Lipinski definition) is 3. The summed E-state index contributed by atoms with van der Waals surface area (Å²) in [5, 5.41) is 3.00. The largest absolute Gasteiger partial charge is 0.399 e. The summed E-state index contributed by atoms with van der Waals surface area (Å²) in [6.07, 6.45) is 4.37. The van der Waals surface area contributed by atoms with E-state index in [1.807, 2.05) is 24.3 Å². The fraction of sp³-hybridized carbons (Fsp3) is 0.357. The number of hydrogen-bond donors (Lipinski definition) is 2. The van der Waals surface area contributed by atoms with E-state index >= 15 is 0 Å². The zero-order valence-electron chi connectivity index (χ0n) is 10.6. The maximum Gasteiger partial charge on any atom is 0.244 e. The zero-order valence-corrected chi connectivity index (χ0v) is 10.6. The lowest BCUT2D eigenvalue weighted by atomic mass is 10.2. The highest BCUT2D eigenvalue weighted by Crippen LogP contribution is 2.09. The summed E-state index contributed by atoms with van der Waals surface area (Å²) in [6, 6.07) is 7.73. The van der Waals surface area contributed by atoms with Crippen molar-refractivity contribution in [2.75, 3.05) is 25.9 Å². The molecule has 1 aliphatic heterocycles. The van der Waals surface area contributed by atoms with Gasteiger partial charge in [-0.3, -0.25) is 4.79 Å². The number of nitrogen functional groups attached to an aromatic ring is 1. The molecular formula is C14H19N3O. The minimum Gasteiger partial charge on any atom is -0.399 e. The second kappa shape index (κ2) is 5.69. The van der Waals surface area contributed by atoms with E-state index < -0.39 is 0 Å². The van der Waals surface area contributed by atoms with Crippen molar-refractivity contribution < 1.29 is 4.79 Å². The third kappa shape index (κ3) is 3.60. The molecule has 1 aliphatic rings. The molecular weight excluding hydrogens is 226 g/mol. The van der Waals surface area contributed by atoms with Crippen LogP contribution >= 0.6 is 0 Å². The van der Waals surface area contributed by atoms with Crippen molar-refractivity contribution >= 4 is 17.7 Å². The minimum absolute atomic E-state index is 0.0438. The molecule has 4 heteroatoms. The number of benzene rings is 1. The summed E-state index contributed by atoms with van der Waals surface area (Å²) < 4.78 is 0. The number of nitrogens with one attached hydrogen (secondary N) is 1. The molecule has 1 heterocycles. The van der Waals surface area contributed by atoms with Crippen LogP contribution in [0.25, 0.3) is 6.08 Å². The van der Waals surface area contributed by atoms with Gasteiger partial charge >= 0.3 is 0 Å². The number of amides is 1. The lowest BCUT2D eigenvalue weighted by Crippen LogP contribution is -2.35. The zero-order chi connectivity index (χ0) is 13.0. The molecule has 0 bridgehead atoms. The van der Waals surface area contributed by atoms with Crippen LogP contribution in [-0.2, 0) is 4.79 Å². The number of rotatable bonds is 3. The van der Waals surface area contributed by atoms with Gasteiger partial charge in [0.25, 0.3) is 0 Å². The van der Waals surface area contributed by atoms with Gasteiger partial charge in [-0.15, -0.1) is 0 Å². The molecule has 0 radical (unpaired) electrons.